The molecule has 2 aromatic rings. The van der Waals surface area contributed by atoms with Crippen LogP contribution in [0.4, 0.5) is 0 Å². The molecule has 0 fully saturated rings. The molecule has 142 valence electrons. The average Bonchev–Trinajstić information content (AvgIpc) is 2.59. The summed E-state index contributed by atoms with van der Waals surface area (Å²) in [4.78, 5) is 23.4. The molecule has 0 aliphatic carbocycles. The van der Waals surface area contributed by atoms with E-state index in [0.29, 0.717) is 17.2 Å². The first-order valence-electron chi connectivity index (χ1n) is 7.76. The zero-order valence-electron chi connectivity index (χ0n) is 14.7. The predicted octanol–water partition coefficient (Wildman–Crippen LogP) is 0.827. The van der Waals surface area contributed by atoms with E-state index in [4.69, 9.17) is 16.3 Å². The zero-order valence-corrected chi connectivity index (χ0v) is 16.2. The molecule has 0 spiro atoms. The summed E-state index contributed by atoms with van der Waals surface area (Å²) < 4.78 is 33.6. The van der Waals surface area contributed by atoms with Crippen LogP contribution in [0.25, 0.3) is 0 Å². The maximum Gasteiger partial charge on any atom is 0.330 e. The van der Waals surface area contributed by atoms with E-state index < -0.39 is 26.2 Å². The lowest BCUT2D eigenvalue weighted by molar-refractivity contribution is 0.296. The van der Waals surface area contributed by atoms with Crippen molar-refractivity contribution in [2.45, 2.75) is 11.3 Å². The third kappa shape index (κ3) is 4.35. The highest BCUT2D eigenvalue weighted by Gasteiger charge is 2.25. The van der Waals surface area contributed by atoms with Gasteiger partial charge in [-0.15, -0.1) is 0 Å². The first-order chi connectivity index (χ1) is 12.1. The van der Waals surface area contributed by atoms with Crippen molar-refractivity contribution in [3.8, 4) is 5.75 Å². The van der Waals surface area contributed by atoms with Crippen LogP contribution in [0.1, 0.15) is 6.42 Å². The minimum atomic E-state index is -4.02. The third-order valence-corrected chi connectivity index (χ3v) is 5.86. The molecule has 0 atom stereocenters. The summed E-state index contributed by atoms with van der Waals surface area (Å²) in [5.41, 5.74) is -1.44. The van der Waals surface area contributed by atoms with Crippen LogP contribution in [0.2, 0.25) is 5.02 Å². The quantitative estimate of drug-likeness (QED) is 0.641. The fraction of sp³-hybridized carbons (Fsp3) is 0.375. The van der Waals surface area contributed by atoms with Crippen molar-refractivity contribution in [1.29, 1.82) is 0 Å². The topological polar surface area (TPSA) is 90.6 Å². The Bertz CT molecular complexity index is 1010. The number of aromatic nitrogens is 2. The Balaban J connectivity index is 2.06. The van der Waals surface area contributed by atoms with Gasteiger partial charge in [-0.1, -0.05) is 17.7 Å². The van der Waals surface area contributed by atoms with Gasteiger partial charge in [0, 0.05) is 38.9 Å². The van der Waals surface area contributed by atoms with E-state index in [1.165, 1.54) is 21.1 Å². The van der Waals surface area contributed by atoms with Gasteiger partial charge in [0.15, 0.2) is 4.90 Å². The van der Waals surface area contributed by atoms with E-state index in [1.54, 1.807) is 24.3 Å². The number of aryl methyl sites for hydroxylation is 1. The second-order valence-corrected chi connectivity index (χ2v) is 8.19. The normalized spacial score (nSPS) is 11.7. The summed E-state index contributed by atoms with van der Waals surface area (Å²) in [5.74, 6) is 0.593. The molecular formula is C16H20ClN3O5S. The van der Waals surface area contributed by atoms with Crippen molar-refractivity contribution in [3.63, 3.8) is 0 Å². The van der Waals surface area contributed by atoms with Gasteiger partial charge in [-0.3, -0.25) is 9.36 Å². The van der Waals surface area contributed by atoms with E-state index in [0.717, 1.165) is 19.6 Å². The summed E-state index contributed by atoms with van der Waals surface area (Å²) in [6.07, 6.45) is 1.45. The molecule has 1 aromatic carbocycles. The highest BCUT2D eigenvalue weighted by Crippen LogP contribution is 2.17. The second-order valence-electron chi connectivity index (χ2n) is 5.74. The van der Waals surface area contributed by atoms with Crippen LogP contribution in [0.5, 0.6) is 5.75 Å². The molecule has 0 aliphatic rings. The van der Waals surface area contributed by atoms with Gasteiger partial charge in [0.1, 0.15) is 5.75 Å². The molecule has 0 saturated heterocycles. The smallest absolute Gasteiger partial charge is 0.330 e. The lowest BCUT2D eigenvalue weighted by atomic mass is 10.3. The van der Waals surface area contributed by atoms with E-state index in [1.807, 2.05) is 0 Å². The van der Waals surface area contributed by atoms with E-state index in [2.05, 4.69) is 0 Å². The van der Waals surface area contributed by atoms with E-state index in [-0.39, 0.29) is 13.2 Å². The first-order valence-corrected chi connectivity index (χ1v) is 9.58. The molecule has 0 aliphatic heterocycles. The minimum Gasteiger partial charge on any atom is -0.493 e. The monoisotopic (exact) mass is 401 g/mol. The summed E-state index contributed by atoms with van der Waals surface area (Å²) in [7, 11) is -0.0182. The van der Waals surface area contributed by atoms with Gasteiger partial charge < -0.3 is 9.30 Å². The summed E-state index contributed by atoms with van der Waals surface area (Å²) in [6, 6.07) is 6.89. The van der Waals surface area contributed by atoms with Crippen molar-refractivity contribution in [2.24, 2.45) is 14.1 Å². The van der Waals surface area contributed by atoms with Gasteiger partial charge in [-0.25, -0.2) is 17.5 Å². The Kier molecular flexibility index (Phi) is 6.27. The Labute approximate surface area is 156 Å². The standard InChI is InChI=1S/C16H20ClN3O5S/c1-18-11-14(15(21)20(3)16(18)22)26(23,24)19(2)8-5-9-25-13-7-4-6-12(17)10-13/h4,6-7,10-11H,5,8-9H2,1-3H3. The predicted molar refractivity (Wildman–Crippen MR) is 98.3 cm³/mol. The van der Waals surface area contributed by atoms with Crippen LogP contribution in [-0.2, 0) is 24.1 Å². The number of sulfonamides is 1. The largest absolute Gasteiger partial charge is 0.493 e. The lowest BCUT2D eigenvalue weighted by Gasteiger charge is -2.17. The Hall–Kier alpha value is -2.10. The van der Waals surface area contributed by atoms with Gasteiger partial charge in [0.25, 0.3) is 5.56 Å². The lowest BCUT2D eigenvalue weighted by Crippen LogP contribution is -2.42. The van der Waals surface area contributed by atoms with Gasteiger partial charge in [0.2, 0.25) is 10.0 Å². The fourth-order valence-electron chi connectivity index (χ4n) is 2.27. The average molecular weight is 402 g/mol. The summed E-state index contributed by atoms with van der Waals surface area (Å²) in [5, 5.41) is 0.549. The number of ether oxygens (including phenoxy) is 1. The molecule has 26 heavy (non-hydrogen) atoms. The molecule has 0 amide bonds. The van der Waals surface area contributed by atoms with Gasteiger partial charge in [0.05, 0.1) is 6.61 Å². The second kappa shape index (κ2) is 8.07. The van der Waals surface area contributed by atoms with Crippen molar-refractivity contribution >= 4 is 21.6 Å². The summed E-state index contributed by atoms with van der Waals surface area (Å²) >= 11 is 5.86. The number of hydrogen-bond donors (Lipinski definition) is 0. The molecule has 0 unspecified atom stereocenters. The molecule has 0 N–H and O–H groups in total. The third-order valence-electron chi connectivity index (χ3n) is 3.79. The number of nitrogens with zero attached hydrogens (tertiary/aromatic N) is 3. The minimum absolute atomic E-state index is 0.148. The van der Waals surface area contributed by atoms with Crippen LogP contribution < -0.4 is 16.0 Å². The van der Waals surface area contributed by atoms with Gasteiger partial charge >= 0.3 is 5.69 Å². The van der Waals surface area contributed by atoms with Crippen molar-refractivity contribution in [2.75, 3.05) is 20.2 Å². The zero-order chi connectivity index (χ0) is 19.5. The fourth-order valence-corrected chi connectivity index (χ4v) is 3.81. The van der Waals surface area contributed by atoms with E-state index in [9.17, 15) is 18.0 Å². The molecule has 0 radical (unpaired) electrons. The number of rotatable bonds is 7. The van der Waals surface area contributed by atoms with Crippen LogP contribution >= 0.6 is 11.6 Å². The Morgan fingerprint density at radius 3 is 2.58 bits per heavy atom. The number of hydrogen-bond acceptors (Lipinski definition) is 5. The molecule has 2 rings (SSSR count). The molecule has 0 saturated carbocycles. The number of benzene rings is 1. The van der Waals surface area contributed by atoms with Gasteiger partial charge in [-0.2, -0.15) is 0 Å². The Morgan fingerprint density at radius 2 is 1.92 bits per heavy atom. The number of halogens is 1. The molecule has 8 nitrogen and oxygen atoms in total. The molecule has 10 heteroatoms. The first kappa shape index (κ1) is 20.2. The van der Waals surface area contributed by atoms with Crippen LogP contribution in [0, 0.1) is 0 Å². The van der Waals surface area contributed by atoms with E-state index >= 15 is 0 Å². The van der Waals surface area contributed by atoms with Crippen LogP contribution in [-0.4, -0.2) is 42.1 Å². The highest BCUT2D eigenvalue weighted by atomic mass is 35.5. The molecule has 0 bridgehead atoms. The van der Waals surface area contributed by atoms with Crippen LogP contribution in [0.15, 0.2) is 44.9 Å². The van der Waals surface area contributed by atoms with Gasteiger partial charge in [-0.05, 0) is 24.6 Å². The van der Waals surface area contributed by atoms with Crippen molar-refractivity contribution < 1.29 is 13.2 Å². The molecule has 1 heterocycles. The highest BCUT2D eigenvalue weighted by molar-refractivity contribution is 7.89. The van der Waals surface area contributed by atoms with Crippen molar-refractivity contribution in [1.82, 2.24) is 13.4 Å². The SMILES string of the molecule is CN(CCCOc1cccc(Cl)c1)S(=O)(=O)c1cn(C)c(=O)n(C)c1=O. The van der Waals surface area contributed by atoms with Crippen molar-refractivity contribution in [3.05, 3.63) is 56.3 Å². The maximum absolute atomic E-state index is 12.6. The van der Waals surface area contributed by atoms with Crippen LogP contribution in [0.3, 0.4) is 0 Å². The summed E-state index contributed by atoms with van der Waals surface area (Å²) in [6.45, 7) is 0.431. The maximum atomic E-state index is 12.6. The molecule has 1 aromatic heterocycles. The molecular weight excluding hydrogens is 382 g/mol. The Morgan fingerprint density at radius 1 is 1.23 bits per heavy atom.